The average molecular weight is 246 g/mol. The molecule has 2 heteroatoms. The lowest BCUT2D eigenvalue weighted by molar-refractivity contribution is 0.178. The van der Waals surface area contributed by atoms with Crippen molar-refractivity contribution in [1.29, 1.82) is 0 Å². The number of aryl methyl sites for hydroxylation is 1. The zero-order valence-electron chi connectivity index (χ0n) is 10.1. The Morgan fingerprint density at radius 3 is 2.47 bits per heavy atom. The smallest absolute Gasteiger partial charge is 0.0830 e. The summed E-state index contributed by atoms with van der Waals surface area (Å²) in [6, 6.07) is 10.4. The summed E-state index contributed by atoms with van der Waals surface area (Å²) in [5.41, 5.74) is 3.56. The molecule has 0 aliphatic heterocycles. The van der Waals surface area contributed by atoms with Crippen LogP contribution < -0.4 is 0 Å². The van der Waals surface area contributed by atoms with Crippen molar-refractivity contribution in [2.24, 2.45) is 0 Å². The van der Waals surface area contributed by atoms with E-state index in [4.69, 9.17) is 0 Å². The van der Waals surface area contributed by atoms with Crippen LogP contribution in [0.1, 0.15) is 36.1 Å². The number of aliphatic hydroxyl groups excluding tert-OH is 1. The van der Waals surface area contributed by atoms with Crippen LogP contribution in [0.4, 0.5) is 0 Å². The maximum Gasteiger partial charge on any atom is 0.0830 e. The molecule has 2 rings (SSSR count). The summed E-state index contributed by atoms with van der Waals surface area (Å²) in [7, 11) is 0. The zero-order valence-corrected chi connectivity index (χ0v) is 10.9. The molecule has 1 nitrogen and oxygen atoms in total. The Kier molecular flexibility index (Phi) is 4.35. The second kappa shape index (κ2) is 5.99. The monoisotopic (exact) mass is 246 g/mol. The van der Waals surface area contributed by atoms with Gasteiger partial charge in [-0.2, -0.15) is 11.3 Å². The van der Waals surface area contributed by atoms with Crippen LogP contribution in [-0.4, -0.2) is 5.11 Å². The summed E-state index contributed by atoms with van der Waals surface area (Å²) in [6.07, 6.45) is 2.59. The highest BCUT2D eigenvalue weighted by molar-refractivity contribution is 7.07. The van der Waals surface area contributed by atoms with Crippen molar-refractivity contribution in [3.63, 3.8) is 0 Å². The standard InChI is InChI=1S/C15H18OS/c1-2-3-12-4-6-14(7-5-12)15(16)10-13-8-9-17-11-13/h4-9,11,15-16H,2-3,10H2,1H3. The van der Waals surface area contributed by atoms with Crippen LogP contribution >= 0.6 is 11.3 Å². The fourth-order valence-electron chi connectivity index (χ4n) is 1.95. The van der Waals surface area contributed by atoms with Crippen LogP contribution in [-0.2, 0) is 12.8 Å². The van der Waals surface area contributed by atoms with Crippen LogP contribution in [0.15, 0.2) is 41.1 Å². The number of thiophene rings is 1. The molecule has 1 N–H and O–H groups in total. The third-order valence-electron chi connectivity index (χ3n) is 2.91. The first-order chi connectivity index (χ1) is 8.29. The molecule has 2 aromatic rings. The lowest BCUT2D eigenvalue weighted by atomic mass is 10.0. The van der Waals surface area contributed by atoms with E-state index in [1.807, 2.05) is 17.5 Å². The lowest BCUT2D eigenvalue weighted by Crippen LogP contribution is -2.01. The Morgan fingerprint density at radius 2 is 1.88 bits per heavy atom. The Morgan fingerprint density at radius 1 is 1.12 bits per heavy atom. The second-order valence-corrected chi connectivity index (χ2v) is 5.12. The van der Waals surface area contributed by atoms with E-state index in [1.165, 1.54) is 11.1 Å². The quantitative estimate of drug-likeness (QED) is 0.846. The van der Waals surface area contributed by atoms with E-state index in [1.54, 1.807) is 11.3 Å². The SMILES string of the molecule is CCCc1ccc(C(O)Cc2ccsc2)cc1. The Balaban J connectivity index is 2.01. The van der Waals surface area contributed by atoms with Crippen molar-refractivity contribution in [3.8, 4) is 0 Å². The van der Waals surface area contributed by atoms with Crippen molar-refractivity contribution in [1.82, 2.24) is 0 Å². The number of benzene rings is 1. The maximum atomic E-state index is 10.1. The van der Waals surface area contributed by atoms with Crippen LogP contribution in [0, 0.1) is 0 Å². The largest absolute Gasteiger partial charge is 0.388 e. The van der Waals surface area contributed by atoms with E-state index in [0.717, 1.165) is 18.4 Å². The molecule has 1 aromatic carbocycles. The second-order valence-electron chi connectivity index (χ2n) is 4.34. The van der Waals surface area contributed by atoms with E-state index >= 15 is 0 Å². The van der Waals surface area contributed by atoms with Gasteiger partial charge in [0.05, 0.1) is 6.10 Å². The van der Waals surface area contributed by atoms with Crippen LogP contribution in [0.25, 0.3) is 0 Å². The minimum absolute atomic E-state index is 0.389. The topological polar surface area (TPSA) is 20.2 Å². The van der Waals surface area contributed by atoms with E-state index in [-0.39, 0.29) is 6.10 Å². The molecule has 0 saturated heterocycles. The average Bonchev–Trinajstić information content (AvgIpc) is 2.83. The van der Waals surface area contributed by atoms with E-state index in [0.29, 0.717) is 6.42 Å². The Hall–Kier alpha value is -1.12. The fourth-order valence-corrected chi connectivity index (χ4v) is 2.63. The summed E-state index contributed by atoms with van der Waals surface area (Å²) in [6.45, 7) is 2.18. The van der Waals surface area contributed by atoms with Gasteiger partial charge in [0.1, 0.15) is 0 Å². The highest BCUT2D eigenvalue weighted by atomic mass is 32.1. The molecule has 1 unspecified atom stereocenters. The Labute approximate surface area is 107 Å². The first kappa shape index (κ1) is 12.3. The molecule has 90 valence electrons. The molecular weight excluding hydrogens is 228 g/mol. The van der Waals surface area contributed by atoms with Gasteiger partial charge in [-0.25, -0.2) is 0 Å². The minimum atomic E-state index is -0.389. The summed E-state index contributed by atoms with van der Waals surface area (Å²) < 4.78 is 0. The van der Waals surface area contributed by atoms with Gasteiger partial charge in [0.25, 0.3) is 0 Å². The van der Waals surface area contributed by atoms with Crippen molar-refractivity contribution >= 4 is 11.3 Å². The molecule has 0 radical (unpaired) electrons. The lowest BCUT2D eigenvalue weighted by Gasteiger charge is -2.10. The van der Waals surface area contributed by atoms with Crippen molar-refractivity contribution in [3.05, 3.63) is 57.8 Å². The van der Waals surface area contributed by atoms with E-state index in [9.17, 15) is 5.11 Å². The number of hydrogen-bond acceptors (Lipinski definition) is 2. The molecule has 0 saturated carbocycles. The predicted octanol–water partition coefficient (Wildman–Crippen LogP) is 3.98. The molecule has 1 aromatic heterocycles. The van der Waals surface area contributed by atoms with Gasteiger partial charge >= 0.3 is 0 Å². The fraction of sp³-hybridized carbons (Fsp3) is 0.333. The van der Waals surface area contributed by atoms with Gasteiger partial charge in [0.2, 0.25) is 0 Å². The van der Waals surface area contributed by atoms with Crippen LogP contribution in [0.5, 0.6) is 0 Å². The summed E-state index contributed by atoms with van der Waals surface area (Å²) in [4.78, 5) is 0. The molecular formula is C15H18OS. The van der Waals surface area contributed by atoms with Crippen molar-refractivity contribution in [2.75, 3.05) is 0 Å². The molecule has 0 fully saturated rings. The predicted molar refractivity (Wildman–Crippen MR) is 73.4 cm³/mol. The molecule has 1 heterocycles. The zero-order chi connectivity index (χ0) is 12.1. The summed E-state index contributed by atoms with van der Waals surface area (Å²) in [5.74, 6) is 0. The van der Waals surface area contributed by atoms with Gasteiger partial charge in [-0.05, 0) is 39.9 Å². The third kappa shape index (κ3) is 3.42. The Bertz CT molecular complexity index is 430. The van der Waals surface area contributed by atoms with Gasteiger partial charge < -0.3 is 5.11 Å². The molecule has 0 amide bonds. The first-order valence-corrected chi connectivity index (χ1v) is 7.02. The number of rotatable bonds is 5. The summed E-state index contributed by atoms with van der Waals surface area (Å²) in [5, 5.41) is 14.3. The van der Waals surface area contributed by atoms with E-state index in [2.05, 4.69) is 30.5 Å². The van der Waals surface area contributed by atoms with Crippen LogP contribution in [0.3, 0.4) is 0 Å². The van der Waals surface area contributed by atoms with E-state index < -0.39 is 0 Å². The highest BCUT2D eigenvalue weighted by Gasteiger charge is 2.08. The first-order valence-electron chi connectivity index (χ1n) is 6.07. The van der Waals surface area contributed by atoms with Gasteiger partial charge in [-0.15, -0.1) is 0 Å². The minimum Gasteiger partial charge on any atom is -0.388 e. The maximum absolute atomic E-state index is 10.1. The van der Waals surface area contributed by atoms with Crippen molar-refractivity contribution in [2.45, 2.75) is 32.3 Å². The molecule has 1 atom stereocenters. The normalized spacial score (nSPS) is 12.6. The molecule has 17 heavy (non-hydrogen) atoms. The number of aliphatic hydroxyl groups is 1. The van der Waals surface area contributed by atoms with Crippen molar-refractivity contribution < 1.29 is 5.11 Å². The molecule has 0 aliphatic rings. The van der Waals surface area contributed by atoms with Gasteiger partial charge in [-0.3, -0.25) is 0 Å². The van der Waals surface area contributed by atoms with Gasteiger partial charge in [-0.1, -0.05) is 37.6 Å². The number of hydrogen-bond donors (Lipinski definition) is 1. The molecule has 0 aliphatic carbocycles. The molecule has 0 bridgehead atoms. The summed E-state index contributed by atoms with van der Waals surface area (Å²) >= 11 is 1.67. The van der Waals surface area contributed by atoms with Gasteiger partial charge in [0.15, 0.2) is 0 Å². The molecule has 0 spiro atoms. The third-order valence-corrected chi connectivity index (χ3v) is 3.64. The highest BCUT2D eigenvalue weighted by Crippen LogP contribution is 2.20. The van der Waals surface area contributed by atoms with Gasteiger partial charge in [0, 0.05) is 6.42 Å². The van der Waals surface area contributed by atoms with Crippen LogP contribution in [0.2, 0.25) is 0 Å².